The molecule has 18 heavy (non-hydrogen) atoms. The number of benzene rings is 1. The second-order valence-electron chi connectivity index (χ2n) is 4.25. The molecular formula is C13H20N2O3. The maximum Gasteiger partial charge on any atom is 0.122 e. The molecule has 3 N–H and O–H groups in total. The molecule has 0 aromatic heterocycles. The van der Waals surface area contributed by atoms with E-state index in [4.69, 9.17) is 20.1 Å². The lowest BCUT2D eigenvalue weighted by Crippen LogP contribution is -2.31. The third-order valence-corrected chi connectivity index (χ3v) is 3.03. The highest BCUT2D eigenvalue weighted by molar-refractivity contribution is 5.40. The Morgan fingerprint density at radius 2 is 2.33 bits per heavy atom. The van der Waals surface area contributed by atoms with Gasteiger partial charge in [-0.15, -0.1) is 0 Å². The maximum atomic E-state index is 5.57. The molecule has 0 bridgehead atoms. The Bertz CT molecular complexity index is 384. The van der Waals surface area contributed by atoms with Crippen molar-refractivity contribution >= 4 is 0 Å². The van der Waals surface area contributed by atoms with Crippen molar-refractivity contribution in [1.82, 2.24) is 5.43 Å². The molecule has 0 fully saturated rings. The van der Waals surface area contributed by atoms with Gasteiger partial charge in [-0.1, -0.05) is 12.1 Å². The van der Waals surface area contributed by atoms with Crippen molar-refractivity contribution in [1.29, 1.82) is 0 Å². The Hall–Kier alpha value is -1.14. The first-order valence-electron chi connectivity index (χ1n) is 6.13. The fourth-order valence-electron chi connectivity index (χ4n) is 2.01. The lowest BCUT2D eigenvalue weighted by Gasteiger charge is -2.17. The summed E-state index contributed by atoms with van der Waals surface area (Å²) in [6.07, 6.45) is 0.963. The number of hydrazine groups is 1. The van der Waals surface area contributed by atoms with Crippen LogP contribution in [0.15, 0.2) is 18.2 Å². The van der Waals surface area contributed by atoms with Crippen LogP contribution in [0.1, 0.15) is 17.2 Å². The summed E-state index contributed by atoms with van der Waals surface area (Å²) in [6.45, 7) is 2.46. The second-order valence-corrected chi connectivity index (χ2v) is 4.25. The Balaban J connectivity index is 1.94. The SMILES string of the molecule is COCCOCC(NN)c1ccc2c(c1)CCO2. The van der Waals surface area contributed by atoms with Crippen LogP contribution >= 0.6 is 0 Å². The van der Waals surface area contributed by atoms with Crippen LogP contribution in [-0.4, -0.2) is 33.5 Å². The number of hydrogen-bond donors (Lipinski definition) is 2. The number of ether oxygens (including phenoxy) is 3. The van der Waals surface area contributed by atoms with Crippen molar-refractivity contribution in [3.8, 4) is 5.75 Å². The number of fused-ring (bicyclic) bond motifs is 1. The fourth-order valence-corrected chi connectivity index (χ4v) is 2.01. The largest absolute Gasteiger partial charge is 0.493 e. The molecule has 1 aliphatic heterocycles. The van der Waals surface area contributed by atoms with E-state index in [2.05, 4.69) is 11.5 Å². The number of methoxy groups -OCH3 is 1. The zero-order valence-corrected chi connectivity index (χ0v) is 10.6. The van der Waals surface area contributed by atoms with Crippen LogP contribution in [-0.2, 0) is 15.9 Å². The summed E-state index contributed by atoms with van der Waals surface area (Å²) in [7, 11) is 1.66. The van der Waals surface area contributed by atoms with Gasteiger partial charge in [0.05, 0.1) is 32.5 Å². The van der Waals surface area contributed by atoms with Gasteiger partial charge in [-0.05, 0) is 17.2 Å². The van der Waals surface area contributed by atoms with Gasteiger partial charge in [0.1, 0.15) is 5.75 Å². The first-order chi connectivity index (χ1) is 8.85. The average Bonchev–Trinajstić information content (AvgIpc) is 2.86. The molecule has 1 atom stereocenters. The van der Waals surface area contributed by atoms with E-state index in [1.807, 2.05) is 12.1 Å². The Morgan fingerprint density at radius 3 is 3.11 bits per heavy atom. The topological polar surface area (TPSA) is 65.7 Å². The zero-order chi connectivity index (χ0) is 12.8. The molecule has 5 nitrogen and oxygen atoms in total. The van der Waals surface area contributed by atoms with Gasteiger partial charge in [0.25, 0.3) is 0 Å². The molecule has 1 aromatic rings. The molecule has 5 heteroatoms. The van der Waals surface area contributed by atoms with Gasteiger partial charge in [-0.2, -0.15) is 0 Å². The van der Waals surface area contributed by atoms with Gasteiger partial charge in [0.15, 0.2) is 0 Å². The van der Waals surface area contributed by atoms with Gasteiger partial charge < -0.3 is 14.2 Å². The lowest BCUT2D eigenvalue weighted by molar-refractivity contribution is 0.0586. The quantitative estimate of drug-likeness (QED) is 0.427. The van der Waals surface area contributed by atoms with Crippen LogP contribution < -0.4 is 16.0 Å². The molecule has 0 amide bonds. The van der Waals surface area contributed by atoms with Gasteiger partial charge >= 0.3 is 0 Å². The molecule has 0 saturated heterocycles. The van der Waals surface area contributed by atoms with Crippen LogP contribution in [0.2, 0.25) is 0 Å². The van der Waals surface area contributed by atoms with Crippen molar-refractivity contribution < 1.29 is 14.2 Å². The standard InChI is InChI=1S/C13H20N2O3/c1-16-6-7-17-9-12(15-14)10-2-3-13-11(8-10)4-5-18-13/h2-3,8,12,15H,4-7,9,14H2,1H3. The molecule has 0 spiro atoms. The third-order valence-electron chi connectivity index (χ3n) is 3.03. The highest BCUT2D eigenvalue weighted by atomic mass is 16.5. The molecule has 100 valence electrons. The van der Waals surface area contributed by atoms with E-state index in [1.54, 1.807) is 7.11 Å². The molecule has 0 aliphatic carbocycles. The molecular weight excluding hydrogens is 232 g/mol. The number of hydrogen-bond acceptors (Lipinski definition) is 5. The predicted molar refractivity (Wildman–Crippen MR) is 68.4 cm³/mol. The Labute approximate surface area is 107 Å². The summed E-state index contributed by atoms with van der Waals surface area (Å²) in [6, 6.07) is 6.14. The predicted octanol–water partition coefficient (Wildman–Crippen LogP) is 0.789. The number of nitrogens with one attached hydrogen (secondary N) is 1. The van der Waals surface area contributed by atoms with Crippen molar-refractivity contribution in [2.45, 2.75) is 12.5 Å². The monoisotopic (exact) mass is 252 g/mol. The van der Waals surface area contributed by atoms with Gasteiger partial charge in [0, 0.05) is 13.5 Å². The summed E-state index contributed by atoms with van der Waals surface area (Å²) < 4.78 is 15.9. The van der Waals surface area contributed by atoms with E-state index in [1.165, 1.54) is 5.56 Å². The molecule has 1 aliphatic rings. The summed E-state index contributed by atoms with van der Waals surface area (Å²) >= 11 is 0. The van der Waals surface area contributed by atoms with E-state index in [0.717, 1.165) is 24.3 Å². The van der Waals surface area contributed by atoms with Crippen LogP contribution in [0, 0.1) is 0 Å². The first-order valence-corrected chi connectivity index (χ1v) is 6.13. The maximum absolute atomic E-state index is 5.57. The van der Waals surface area contributed by atoms with Crippen LogP contribution in [0.25, 0.3) is 0 Å². The highest BCUT2D eigenvalue weighted by Gasteiger charge is 2.16. The highest BCUT2D eigenvalue weighted by Crippen LogP contribution is 2.28. The lowest BCUT2D eigenvalue weighted by atomic mass is 10.0. The molecule has 1 unspecified atom stereocenters. The molecule has 0 radical (unpaired) electrons. The van der Waals surface area contributed by atoms with Crippen molar-refractivity contribution in [3.63, 3.8) is 0 Å². The minimum Gasteiger partial charge on any atom is -0.493 e. The van der Waals surface area contributed by atoms with Crippen molar-refractivity contribution in [3.05, 3.63) is 29.3 Å². The van der Waals surface area contributed by atoms with Crippen LogP contribution in [0.3, 0.4) is 0 Å². The van der Waals surface area contributed by atoms with E-state index in [-0.39, 0.29) is 6.04 Å². The van der Waals surface area contributed by atoms with E-state index >= 15 is 0 Å². The Morgan fingerprint density at radius 1 is 1.44 bits per heavy atom. The first kappa shape index (κ1) is 13.3. The van der Waals surface area contributed by atoms with Gasteiger partial charge in [-0.25, -0.2) is 0 Å². The minimum absolute atomic E-state index is 0.00671. The fraction of sp³-hybridized carbons (Fsp3) is 0.538. The van der Waals surface area contributed by atoms with E-state index in [9.17, 15) is 0 Å². The van der Waals surface area contributed by atoms with Crippen molar-refractivity contribution in [2.24, 2.45) is 5.84 Å². The Kier molecular flexibility index (Phi) is 4.95. The van der Waals surface area contributed by atoms with Gasteiger partial charge in [0.2, 0.25) is 0 Å². The summed E-state index contributed by atoms with van der Waals surface area (Å²) in [4.78, 5) is 0. The normalized spacial score (nSPS) is 15.2. The molecule has 1 heterocycles. The summed E-state index contributed by atoms with van der Waals surface area (Å²) in [5.74, 6) is 6.55. The second kappa shape index (κ2) is 6.70. The number of rotatable bonds is 7. The zero-order valence-electron chi connectivity index (χ0n) is 10.6. The molecule has 2 rings (SSSR count). The van der Waals surface area contributed by atoms with Crippen LogP contribution in [0.5, 0.6) is 5.75 Å². The van der Waals surface area contributed by atoms with Gasteiger partial charge in [-0.3, -0.25) is 11.3 Å². The molecule has 0 saturated carbocycles. The smallest absolute Gasteiger partial charge is 0.122 e. The van der Waals surface area contributed by atoms with E-state index < -0.39 is 0 Å². The summed E-state index contributed by atoms with van der Waals surface area (Å²) in [5.41, 5.74) is 5.14. The molecule has 1 aromatic carbocycles. The summed E-state index contributed by atoms with van der Waals surface area (Å²) in [5, 5.41) is 0. The number of nitrogens with two attached hydrogens (primary N) is 1. The minimum atomic E-state index is -0.00671. The van der Waals surface area contributed by atoms with Crippen molar-refractivity contribution in [2.75, 3.05) is 33.5 Å². The van der Waals surface area contributed by atoms with Crippen LogP contribution in [0.4, 0.5) is 0 Å². The average molecular weight is 252 g/mol. The third kappa shape index (κ3) is 3.20. The van der Waals surface area contributed by atoms with E-state index in [0.29, 0.717) is 19.8 Å².